The number of fused-ring (bicyclic) bond motifs is 1. The third-order valence-corrected chi connectivity index (χ3v) is 7.03. The molecule has 2 aliphatic heterocycles. The molecule has 29 heavy (non-hydrogen) atoms. The van der Waals surface area contributed by atoms with Crippen molar-refractivity contribution in [2.45, 2.75) is 44.2 Å². The van der Waals surface area contributed by atoms with Crippen LogP contribution in [0.4, 0.5) is 14.7 Å². The maximum Gasteiger partial charge on any atom is 0.224 e. The van der Waals surface area contributed by atoms with Crippen molar-refractivity contribution in [3.05, 3.63) is 18.0 Å². The molecule has 4 atom stereocenters. The Morgan fingerprint density at radius 2 is 2.07 bits per heavy atom. The standard InChI is InChI=1S/C18H26F2N6O2S/c1-11-7-12-8-22-18(23-15-4-6-25(10-14(15)20)29(2,27)28)24-17(12)26(11)16-3-5-21-9-13(16)19/h7-8,13-16,21H,3-6,9-10H2,1-2H3,(H,22,23,24)/t13-,14+,15+,16+/m0/s1. The van der Waals surface area contributed by atoms with Gasteiger partial charge in [0.25, 0.3) is 0 Å². The highest BCUT2D eigenvalue weighted by atomic mass is 32.2. The normalized spacial score (nSPS) is 29.2. The van der Waals surface area contributed by atoms with Crippen LogP contribution in [0.25, 0.3) is 11.0 Å². The van der Waals surface area contributed by atoms with E-state index in [-0.39, 0.29) is 25.1 Å². The quantitative estimate of drug-likeness (QED) is 0.765. The summed E-state index contributed by atoms with van der Waals surface area (Å²) in [6, 6.07) is 1.04. The summed E-state index contributed by atoms with van der Waals surface area (Å²) in [5, 5.41) is 6.87. The molecule has 4 heterocycles. The highest BCUT2D eigenvalue weighted by molar-refractivity contribution is 7.88. The van der Waals surface area contributed by atoms with Crippen molar-refractivity contribution in [3.8, 4) is 0 Å². The van der Waals surface area contributed by atoms with Crippen LogP contribution >= 0.6 is 0 Å². The topological polar surface area (TPSA) is 92.2 Å². The number of anilines is 1. The number of nitrogens with one attached hydrogen (secondary N) is 2. The summed E-state index contributed by atoms with van der Waals surface area (Å²) < 4.78 is 55.4. The fourth-order valence-corrected chi connectivity index (χ4v) is 5.08. The molecule has 0 bridgehead atoms. The van der Waals surface area contributed by atoms with E-state index in [4.69, 9.17) is 0 Å². The van der Waals surface area contributed by atoms with Crippen molar-refractivity contribution < 1.29 is 17.2 Å². The first kappa shape index (κ1) is 20.4. The molecule has 0 amide bonds. The van der Waals surface area contributed by atoms with E-state index in [0.717, 1.165) is 28.2 Å². The zero-order valence-corrected chi connectivity index (χ0v) is 17.3. The van der Waals surface area contributed by atoms with Crippen molar-refractivity contribution in [3.63, 3.8) is 0 Å². The lowest BCUT2D eigenvalue weighted by atomic mass is 10.0. The Morgan fingerprint density at radius 1 is 1.28 bits per heavy atom. The van der Waals surface area contributed by atoms with Crippen molar-refractivity contribution in [1.82, 2.24) is 24.2 Å². The van der Waals surface area contributed by atoms with Gasteiger partial charge in [0.1, 0.15) is 18.0 Å². The fourth-order valence-electron chi connectivity index (χ4n) is 4.23. The van der Waals surface area contributed by atoms with E-state index in [0.29, 0.717) is 25.0 Å². The highest BCUT2D eigenvalue weighted by Gasteiger charge is 2.34. The fraction of sp³-hybridized carbons (Fsp3) is 0.667. The Balaban J connectivity index is 1.57. The van der Waals surface area contributed by atoms with Crippen LogP contribution in [-0.2, 0) is 10.0 Å². The van der Waals surface area contributed by atoms with Gasteiger partial charge in [-0.1, -0.05) is 0 Å². The molecule has 0 saturated carbocycles. The van der Waals surface area contributed by atoms with Gasteiger partial charge in [-0.05, 0) is 32.4 Å². The van der Waals surface area contributed by atoms with Gasteiger partial charge in [0.15, 0.2) is 0 Å². The second-order valence-electron chi connectivity index (χ2n) is 7.88. The van der Waals surface area contributed by atoms with Crippen molar-refractivity contribution in [2.75, 3.05) is 37.8 Å². The number of nitrogens with zero attached hydrogens (tertiary/aromatic N) is 4. The van der Waals surface area contributed by atoms with E-state index in [1.807, 2.05) is 17.6 Å². The van der Waals surface area contributed by atoms with Crippen LogP contribution in [0, 0.1) is 6.92 Å². The Labute approximate surface area is 168 Å². The van der Waals surface area contributed by atoms with Crippen LogP contribution in [0.2, 0.25) is 0 Å². The summed E-state index contributed by atoms with van der Waals surface area (Å²) in [6.45, 7) is 3.02. The SMILES string of the molecule is Cc1cc2cnc(N[C@@H]3CCN(S(C)(=O)=O)C[C@H]3F)nc2n1[C@@H]1CCNC[C@@H]1F. The van der Waals surface area contributed by atoms with Crippen LogP contribution < -0.4 is 10.6 Å². The van der Waals surface area contributed by atoms with Gasteiger partial charge in [-0.3, -0.25) is 0 Å². The number of halogens is 2. The van der Waals surface area contributed by atoms with Crippen LogP contribution in [0.5, 0.6) is 0 Å². The average molecular weight is 429 g/mol. The van der Waals surface area contributed by atoms with E-state index >= 15 is 0 Å². The van der Waals surface area contributed by atoms with Crippen molar-refractivity contribution in [1.29, 1.82) is 0 Å². The molecule has 0 spiro atoms. The van der Waals surface area contributed by atoms with Crippen LogP contribution in [0.15, 0.2) is 12.3 Å². The van der Waals surface area contributed by atoms with Crippen molar-refractivity contribution in [2.24, 2.45) is 0 Å². The molecule has 2 N–H and O–H groups in total. The molecule has 4 rings (SSSR count). The first-order valence-corrected chi connectivity index (χ1v) is 11.6. The van der Waals surface area contributed by atoms with Crippen LogP contribution in [-0.4, -0.2) is 78.1 Å². The summed E-state index contributed by atoms with van der Waals surface area (Å²) in [5.74, 6) is 0.265. The molecule has 2 aromatic rings. The molecule has 0 aromatic carbocycles. The lowest BCUT2D eigenvalue weighted by Gasteiger charge is -2.33. The third-order valence-electron chi connectivity index (χ3n) is 5.76. The first-order chi connectivity index (χ1) is 13.7. The van der Waals surface area contributed by atoms with Crippen LogP contribution in [0.3, 0.4) is 0 Å². The maximum atomic E-state index is 14.6. The second-order valence-corrected chi connectivity index (χ2v) is 9.86. The molecule has 2 saturated heterocycles. The summed E-state index contributed by atoms with van der Waals surface area (Å²) >= 11 is 0. The van der Waals surface area contributed by atoms with Gasteiger partial charge in [0, 0.05) is 36.9 Å². The molecule has 2 fully saturated rings. The van der Waals surface area contributed by atoms with Gasteiger partial charge in [-0.25, -0.2) is 22.2 Å². The molecule has 0 radical (unpaired) electrons. The minimum absolute atomic E-state index is 0.188. The molecule has 8 nitrogen and oxygen atoms in total. The highest BCUT2D eigenvalue weighted by Crippen LogP contribution is 2.30. The number of piperidine rings is 2. The molecule has 2 aromatic heterocycles. The largest absolute Gasteiger partial charge is 0.348 e. The summed E-state index contributed by atoms with van der Waals surface area (Å²) in [4.78, 5) is 8.84. The average Bonchev–Trinajstić information content (AvgIpc) is 2.98. The third kappa shape index (κ3) is 4.08. The van der Waals surface area contributed by atoms with Gasteiger partial charge in [-0.2, -0.15) is 9.29 Å². The lowest BCUT2D eigenvalue weighted by Crippen LogP contribution is -2.49. The smallest absolute Gasteiger partial charge is 0.224 e. The number of aryl methyl sites for hydroxylation is 1. The monoisotopic (exact) mass is 428 g/mol. The lowest BCUT2D eigenvalue weighted by molar-refractivity contribution is 0.185. The van der Waals surface area contributed by atoms with E-state index in [1.54, 1.807) is 6.20 Å². The number of hydrogen-bond acceptors (Lipinski definition) is 6. The van der Waals surface area contributed by atoms with E-state index in [1.165, 1.54) is 0 Å². The maximum absolute atomic E-state index is 14.6. The molecular formula is C18H26F2N6O2S. The molecular weight excluding hydrogens is 402 g/mol. The number of alkyl halides is 2. The molecule has 11 heteroatoms. The predicted molar refractivity (Wildman–Crippen MR) is 107 cm³/mol. The minimum Gasteiger partial charge on any atom is -0.348 e. The number of aromatic nitrogens is 3. The Bertz CT molecular complexity index is 998. The van der Waals surface area contributed by atoms with Gasteiger partial charge in [-0.15, -0.1) is 0 Å². The number of rotatable bonds is 4. The summed E-state index contributed by atoms with van der Waals surface area (Å²) in [6.07, 6.45) is 1.33. The predicted octanol–water partition coefficient (Wildman–Crippen LogP) is 1.40. The Kier molecular flexibility index (Phi) is 5.47. The first-order valence-electron chi connectivity index (χ1n) is 9.79. The molecule has 2 aliphatic rings. The van der Waals surface area contributed by atoms with E-state index in [9.17, 15) is 17.2 Å². The summed E-state index contributed by atoms with van der Waals surface area (Å²) in [7, 11) is -3.41. The van der Waals surface area contributed by atoms with Gasteiger partial charge >= 0.3 is 0 Å². The number of hydrogen-bond donors (Lipinski definition) is 2. The molecule has 0 unspecified atom stereocenters. The zero-order chi connectivity index (χ0) is 20.8. The van der Waals surface area contributed by atoms with Gasteiger partial charge in [0.05, 0.1) is 18.3 Å². The molecule has 160 valence electrons. The van der Waals surface area contributed by atoms with Crippen molar-refractivity contribution >= 4 is 27.0 Å². The second kappa shape index (κ2) is 7.77. The zero-order valence-electron chi connectivity index (χ0n) is 16.5. The van der Waals surface area contributed by atoms with E-state index < -0.39 is 28.4 Å². The van der Waals surface area contributed by atoms with Gasteiger partial charge in [0.2, 0.25) is 16.0 Å². The Morgan fingerprint density at radius 3 is 2.76 bits per heavy atom. The van der Waals surface area contributed by atoms with Crippen LogP contribution in [0.1, 0.15) is 24.6 Å². The Hall–Kier alpha value is -1.85. The van der Waals surface area contributed by atoms with Gasteiger partial charge < -0.3 is 15.2 Å². The van der Waals surface area contributed by atoms with E-state index in [2.05, 4.69) is 20.6 Å². The summed E-state index contributed by atoms with van der Waals surface area (Å²) in [5.41, 5.74) is 1.53. The number of sulfonamides is 1. The molecule has 0 aliphatic carbocycles. The minimum atomic E-state index is -3.41.